The van der Waals surface area contributed by atoms with Crippen LogP contribution in [0.15, 0.2) is 18.2 Å². The maximum absolute atomic E-state index is 14.2. The number of anilines is 1. The molecule has 0 aliphatic carbocycles. The smallest absolute Gasteiger partial charge is 0.146 e. The number of rotatable bonds is 3. The number of likely N-dealkylation sites (N-methyl/N-ethyl adjacent to an activating group) is 1. The van der Waals surface area contributed by atoms with Crippen molar-refractivity contribution in [3.63, 3.8) is 0 Å². The van der Waals surface area contributed by atoms with E-state index in [2.05, 4.69) is 16.8 Å². The topological polar surface area (TPSA) is 32.5 Å². The molecule has 1 aliphatic heterocycles. The molecule has 0 bridgehead atoms. The monoisotopic (exact) mass is 265 g/mol. The number of nitrogens with zero attached hydrogens (tertiary/aromatic N) is 2. The van der Waals surface area contributed by atoms with Gasteiger partial charge in [-0.3, -0.25) is 0 Å². The lowest BCUT2D eigenvalue weighted by Gasteiger charge is -2.26. The van der Waals surface area contributed by atoms with Gasteiger partial charge < -0.3 is 15.5 Å². The number of hydrogen-bond acceptors (Lipinski definition) is 3. The molecule has 0 aromatic heterocycles. The third-order valence-electron chi connectivity index (χ3n) is 3.65. The molecule has 2 rings (SSSR count). The third-order valence-corrected chi connectivity index (χ3v) is 3.65. The summed E-state index contributed by atoms with van der Waals surface area (Å²) in [5.41, 5.74) is 7.66. The highest BCUT2D eigenvalue weighted by molar-refractivity contribution is 5.55. The molecule has 0 spiro atoms. The normalized spacial score (nSPS) is 19.3. The lowest BCUT2D eigenvalue weighted by molar-refractivity contribution is 0.360. The summed E-state index contributed by atoms with van der Waals surface area (Å²) in [6.07, 6.45) is 1.79. The number of benzene rings is 1. The quantitative estimate of drug-likeness (QED) is 0.905. The minimum Gasteiger partial charge on any atom is -0.368 e. The predicted molar refractivity (Wildman–Crippen MR) is 78.1 cm³/mol. The molecular formula is C15H24FN3. The number of para-hydroxylation sites is 1. The van der Waals surface area contributed by atoms with E-state index in [0.717, 1.165) is 50.3 Å². The molecule has 19 heavy (non-hydrogen) atoms. The van der Waals surface area contributed by atoms with Crippen molar-refractivity contribution in [2.75, 3.05) is 38.1 Å². The van der Waals surface area contributed by atoms with Gasteiger partial charge in [-0.25, -0.2) is 4.39 Å². The van der Waals surface area contributed by atoms with Crippen LogP contribution >= 0.6 is 0 Å². The lowest BCUT2D eigenvalue weighted by atomic mass is 10.0. The molecule has 1 aliphatic rings. The zero-order valence-electron chi connectivity index (χ0n) is 11.9. The van der Waals surface area contributed by atoms with Crippen molar-refractivity contribution in [3.05, 3.63) is 29.6 Å². The van der Waals surface area contributed by atoms with Crippen LogP contribution in [0.2, 0.25) is 0 Å². The highest BCUT2D eigenvalue weighted by atomic mass is 19.1. The molecule has 1 atom stereocenters. The summed E-state index contributed by atoms with van der Waals surface area (Å²) >= 11 is 0. The van der Waals surface area contributed by atoms with Crippen molar-refractivity contribution >= 4 is 5.69 Å². The average molecular weight is 265 g/mol. The minimum absolute atomic E-state index is 0.0511. The van der Waals surface area contributed by atoms with Crippen LogP contribution in [0.3, 0.4) is 0 Å². The molecule has 1 aromatic rings. The van der Waals surface area contributed by atoms with E-state index in [0.29, 0.717) is 0 Å². The molecule has 4 heteroatoms. The molecule has 2 N–H and O–H groups in total. The van der Waals surface area contributed by atoms with Crippen LogP contribution in [0.5, 0.6) is 0 Å². The summed E-state index contributed by atoms with van der Waals surface area (Å²) in [6.45, 7) is 5.81. The first-order valence-corrected chi connectivity index (χ1v) is 7.04. The van der Waals surface area contributed by atoms with Gasteiger partial charge in [0.1, 0.15) is 5.82 Å². The molecule has 1 heterocycles. The number of halogens is 1. The van der Waals surface area contributed by atoms with Crippen molar-refractivity contribution in [1.82, 2.24) is 4.90 Å². The summed E-state index contributed by atoms with van der Waals surface area (Å²) in [7, 11) is 2.12. The predicted octanol–water partition coefficient (Wildman–Crippen LogP) is 1.86. The van der Waals surface area contributed by atoms with Crippen molar-refractivity contribution in [2.24, 2.45) is 5.73 Å². The summed E-state index contributed by atoms with van der Waals surface area (Å²) in [5, 5.41) is 0. The number of hydrogen-bond donors (Lipinski definition) is 1. The van der Waals surface area contributed by atoms with Gasteiger partial charge >= 0.3 is 0 Å². The van der Waals surface area contributed by atoms with Gasteiger partial charge in [0.2, 0.25) is 0 Å². The Morgan fingerprint density at radius 1 is 1.26 bits per heavy atom. The van der Waals surface area contributed by atoms with Gasteiger partial charge in [0.15, 0.2) is 0 Å². The van der Waals surface area contributed by atoms with E-state index in [1.807, 2.05) is 13.0 Å². The molecular weight excluding hydrogens is 241 g/mol. The fourth-order valence-electron chi connectivity index (χ4n) is 2.70. The second kappa shape index (κ2) is 6.35. The summed E-state index contributed by atoms with van der Waals surface area (Å²) in [6, 6.07) is 5.38. The van der Waals surface area contributed by atoms with Crippen LogP contribution in [-0.2, 0) is 6.42 Å². The fraction of sp³-hybridized carbons (Fsp3) is 0.600. The van der Waals surface area contributed by atoms with Gasteiger partial charge in [-0.15, -0.1) is 0 Å². The second-order valence-corrected chi connectivity index (χ2v) is 5.57. The molecule has 1 fully saturated rings. The van der Waals surface area contributed by atoms with Crippen molar-refractivity contribution in [3.8, 4) is 0 Å². The van der Waals surface area contributed by atoms with E-state index in [-0.39, 0.29) is 11.9 Å². The molecule has 106 valence electrons. The van der Waals surface area contributed by atoms with Crippen LogP contribution in [0.4, 0.5) is 10.1 Å². The Morgan fingerprint density at radius 2 is 2.05 bits per heavy atom. The molecule has 3 nitrogen and oxygen atoms in total. The molecule has 1 saturated heterocycles. The molecule has 0 amide bonds. The number of nitrogens with two attached hydrogens (primary N) is 1. The summed E-state index contributed by atoms with van der Waals surface area (Å²) in [4.78, 5) is 4.47. The SMILES string of the molecule is CC(N)Cc1cccc(F)c1N1CCCN(C)CC1. The van der Waals surface area contributed by atoms with Gasteiger partial charge in [-0.2, -0.15) is 0 Å². The van der Waals surface area contributed by atoms with E-state index in [1.165, 1.54) is 0 Å². The Morgan fingerprint density at radius 3 is 2.79 bits per heavy atom. The van der Waals surface area contributed by atoms with E-state index >= 15 is 0 Å². The van der Waals surface area contributed by atoms with E-state index < -0.39 is 0 Å². The lowest BCUT2D eigenvalue weighted by Crippen LogP contribution is -2.31. The first-order valence-electron chi connectivity index (χ1n) is 7.04. The van der Waals surface area contributed by atoms with Gasteiger partial charge in [-0.1, -0.05) is 12.1 Å². The fourth-order valence-corrected chi connectivity index (χ4v) is 2.70. The minimum atomic E-state index is -0.122. The van der Waals surface area contributed by atoms with Crippen molar-refractivity contribution < 1.29 is 4.39 Å². The van der Waals surface area contributed by atoms with Crippen LogP contribution in [0.1, 0.15) is 18.9 Å². The standard InChI is InChI=1S/C15H24FN3/c1-12(17)11-13-5-3-6-14(16)15(13)19-8-4-7-18(2)9-10-19/h3,5-6,12H,4,7-11,17H2,1-2H3. The van der Waals surface area contributed by atoms with Gasteiger partial charge in [0.25, 0.3) is 0 Å². The van der Waals surface area contributed by atoms with E-state index in [9.17, 15) is 4.39 Å². The largest absolute Gasteiger partial charge is 0.368 e. The van der Waals surface area contributed by atoms with Gasteiger partial charge in [0.05, 0.1) is 5.69 Å². The second-order valence-electron chi connectivity index (χ2n) is 5.57. The average Bonchev–Trinajstić information content (AvgIpc) is 2.54. The Balaban J connectivity index is 2.26. The van der Waals surface area contributed by atoms with Crippen molar-refractivity contribution in [2.45, 2.75) is 25.8 Å². The highest BCUT2D eigenvalue weighted by Crippen LogP contribution is 2.26. The van der Waals surface area contributed by atoms with Crippen LogP contribution in [0.25, 0.3) is 0 Å². The van der Waals surface area contributed by atoms with Gasteiger partial charge in [-0.05, 0) is 45.0 Å². The zero-order chi connectivity index (χ0) is 13.8. The van der Waals surface area contributed by atoms with Crippen LogP contribution in [-0.4, -0.2) is 44.2 Å². The molecule has 1 aromatic carbocycles. The van der Waals surface area contributed by atoms with E-state index in [4.69, 9.17) is 5.73 Å². The van der Waals surface area contributed by atoms with Crippen LogP contribution in [0, 0.1) is 5.82 Å². The maximum Gasteiger partial charge on any atom is 0.146 e. The molecule has 0 saturated carbocycles. The Bertz CT molecular complexity index is 420. The first-order chi connectivity index (χ1) is 9.08. The van der Waals surface area contributed by atoms with Gasteiger partial charge in [0, 0.05) is 25.7 Å². The van der Waals surface area contributed by atoms with E-state index in [1.54, 1.807) is 12.1 Å². The molecule has 0 radical (unpaired) electrons. The Kier molecular flexibility index (Phi) is 4.77. The Hall–Kier alpha value is -1.13. The summed E-state index contributed by atoms with van der Waals surface area (Å²) in [5.74, 6) is -0.122. The molecule has 1 unspecified atom stereocenters. The van der Waals surface area contributed by atoms with Crippen molar-refractivity contribution in [1.29, 1.82) is 0 Å². The zero-order valence-corrected chi connectivity index (χ0v) is 11.9. The third kappa shape index (κ3) is 3.67. The maximum atomic E-state index is 14.2. The first kappa shape index (κ1) is 14.3. The highest BCUT2D eigenvalue weighted by Gasteiger charge is 2.19. The Labute approximate surface area is 115 Å². The summed E-state index contributed by atoms with van der Waals surface area (Å²) < 4.78 is 14.2. The van der Waals surface area contributed by atoms with Crippen LogP contribution < -0.4 is 10.6 Å².